The van der Waals surface area contributed by atoms with Crippen LogP contribution in [-0.4, -0.2) is 64.2 Å². The zero-order valence-electron chi connectivity index (χ0n) is 11.8. The number of hydrogen-bond acceptors (Lipinski definition) is 5. The van der Waals surface area contributed by atoms with Crippen molar-refractivity contribution in [1.29, 1.82) is 0 Å². The van der Waals surface area contributed by atoms with Gasteiger partial charge in [-0.15, -0.1) is 0 Å². The number of carboxylic acids is 1. The Hall–Kier alpha value is -2.58. The molecule has 1 aromatic rings. The molecule has 1 aromatic heterocycles. The minimum Gasteiger partial charge on any atom is -0.480 e. The van der Waals surface area contributed by atoms with Crippen LogP contribution in [0.15, 0.2) is 12.5 Å². The number of carboxylic acid groups (broad SMARTS) is 1. The van der Waals surface area contributed by atoms with Crippen molar-refractivity contribution in [3.63, 3.8) is 0 Å². The van der Waals surface area contributed by atoms with E-state index in [-0.39, 0.29) is 19.6 Å². The van der Waals surface area contributed by atoms with E-state index in [0.717, 1.165) is 4.90 Å². The molecule has 0 radical (unpaired) electrons. The third-order valence-corrected chi connectivity index (χ3v) is 2.59. The lowest BCUT2D eigenvalue weighted by Crippen LogP contribution is -2.49. The maximum atomic E-state index is 11.8. The molecule has 1 unspecified atom stereocenters. The standard InChI is InChI=1S/C12H18N4O5/c1-3-21-10(17)6-16(2)12(20)15-9(11(18)19)4-8-5-13-7-14-8/h5,7,9H,3-4,6H2,1-2H3,(H,13,14)(H,15,20)(H,18,19). The summed E-state index contributed by atoms with van der Waals surface area (Å²) in [6.45, 7) is 1.62. The van der Waals surface area contributed by atoms with E-state index in [9.17, 15) is 14.4 Å². The van der Waals surface area contributed by atoms with Crippen LogP contribution < -0.4 is 5.32 Å². The maximum absolute atomic E-state index is 11.8. The number of carbonyl (C=O) groups is 3. The van der Waals surface area contributed by atoms with Crippen molar-refractivity contribution in [2.45, 2.75) is 19.4 Å². The molecule has 3 N–H and O–H groups in total. The van der Waals surface area contributed by atoms with Crippen LogP contribution >= 0.6 is 0 Å². The van der Waals surface area contributed by atoms with Crippen LogP contribution in [0, 0.1) is 0 Å². The van der Waals surface area contributed by atoms with Gasteiger partial charge in [-0.2, -0.15) is 0 Å². The Morgan fingerprint density at radius 2 is 2.24 bits per heavy atom. The largest absolute Gasteiger partial charge is 0.480 e. The Labute approximate surface area is 121 Å². The highest BCUT2D eigenvalue weighted by atomic mass is 16.5. The third kappa shape index (κ3) is 5.51. The van der Waals surface area contributed by atoms with Gasteiger partial charge in [-0.1, -0.05) is 0 Å². The van der Waals surface area contributed by atoms with Crippen LogP contribution in [0.4, 0.5) is 4.79 Å². The van der Waals surface area contributed by atoms with Crippen molar-refractivity contribution >= 4 is 18.0 Å². The summed E-state index contributed by atoms with van der Waals surface area (Å²) < 4.78 is 4.71. The lowest BCUT2D eigenvalue weighted by molar-refractivity contribution is -0.143. The fraction of sp³-hybridized carbons (Fsp3) is 0.500. The highest BCUT2D eigenvalue weighted by Crippen LogP contribution is 2.00. The number of hydrogen-bond donors (Lipinski definition) is 3. The van der Waals surface area contributed by atoms with Gasteiger partial charge in [0.05, 0.1) is 12.9 Å². The van der Waals surface area contributed by atoms with E-state index in [2.05, 4.69) is 15.3 Å². The number of esters is 1. The first-order chi connectivity index (χ1) is 9.93. The van der Waals surface area contributed by atoms with E-state index >= 15 is 0 Å². The quantitative estimate of drug-likeness (QED) is 0.589. The molecule has 9 heteroatoms. The highest BCUT2D eigenvalue weighted by Gasteiger charge is 2.23. The van der Waals surface area contributed by atoms with Crippen LogP contribution in [0.25, 0.3) is 0 Å². The molecule has 1 rings (SSSR count). The summed E-state index contributed by atoms with van der Waals surface area (Å²) in [5.41, 5.74) is 0.579. The lowest BCUT2D eigenvalue weighted by Gasteiger charge is -2.20. The molecular weight excluding hydrogens is 280 g/mol. The summed E-state index contributed by atoms with van der Waals surface area (Å²) >= 11 is 0. The summed E-state index contributed by atoms with van der Waals surface area (Å²) in [7, 11) is 1.38. The van der Waals surface area contributed by atoms with Gasteiger partial charge in [0.1, 0.15) is 12.6 Å². The van der Waals surface area contributed by atoms with Gasteiger partial charge in [0, 0.05) is 25.4 Å². The first kappa shape index (κ1) is 16.5. The Kier molecular flexibility index (Phi) is 6.18. The van der Waals surface area contributed by atoms with Crippen LogP contribution in [0.5, 0.6) is 0 Å². The van der Waals surface area contributed by atoms with Gasteiger partial charge in [-0.05, 0) is 6.92 Å². The summed E-state index contributed by atoms with van der Waals surface area (Å²) in [6, 6.07) is -1.79. The third-order valence-electron chi connectivity index (χ3n) is 2.59. The summed E-state index contributed by atoms with van der Waals surface area (Å²) in [5, 5.41) is 11.4. The number of imidazole rings is 1. The van der Waals surface area contributed by atoms with Crippen molar-refractivity contribution in [2.75, 3.05) is 20.2 Å². The number of amides is 2. The zero-order valence-corrected chi connectivity index (χ0v) is 11.8. The molecule has 21 heavy (non-hydrogen) atoms. The second-order valence-electron chi connectivity index (χ2n) is 4.28. The second-order valence-corrected chi connectivity index (χ2v) is 4.28. The molecule has 0 fully saturated rings. The zero-order chi connectivity index (χ0) is 15.8. The number of H-pyrrole nitrogens is 1. The topological polar surface area (TPSA) is 125 Å². The molecular formula is C12H18N4O5. The average molecular weight is 298 g/mol. The number of ether oxygens (including phenoxy) is 1. The number of rotatable bonds is 7. The van der Waals surface area contributed by atoms with Gasteiger partial charge >= 0.3 is 18.0 Å². The number of likely N-dealkylation sites (N-methyl/N-ethyl adjacent to an activating group) is 1. The molecule has 116 valence electrons. The minimum atomic E-state index is -1.18. The summed E-state index contributed by atoms with van der Waals surface area (Å²) in [5.74, 6) is -1.74. The number of aromatic nitrogens is 2. The molecule has 2 amide bonds. The molecule has 1 atom stereocenters. The number of nitrogens with one attached hydrogen (secondary N) is 2. The Bertz CT molecular complexity index is 488. The van der Waals surface area contributed by atoms with Crippen molar-refractivity contribution < 1.29 is 24.2 Å². The fourth-order valence-corrected chi connectivity index (χ4v) is 1.55. The van der Waals surface area contributed by atoms with Gasteiger partial charge in [-0.3, -0.25) is 4.79 Å². The van der Waals surface area contributed by atoms with Crippen molar-refractivity contribution in [3.8, 4) is 0 Å². The monoisotopic (exact) mass is 298 g/mol. The minimum absolute atomic E-state index is 0.0638. The molecule has 0 bridgehead atoms. The molecule has 1 heterocycles. The number of aromatic amines is 1. The van der Waals surface area contributed by atoms with Gasteiger partial charge < -0.3 is 25.0 Å². The fourth-order valence-electron chi connectivity index (χ4n) is 1.55. The van der Waals surface area contributed by atoms with Gasteiger partial charge in [0.25, 0.3) is 0 Å². The van der Waals surface area contributed by atoms with Crippen LogP contribution in [0.3, 0.4) is 0 Å². The average Bonchev–Trinajstić information content (AvgIpc) is 2.90. The predicted octanol–water partition coefficient (Wildman–Crippen LogP) is -0.390. The van der Waals surface area contributed by atoms with Crippen molar-refractivity contribution in [3.05, 3.63) is 18.2 Å². The molecule has 9 nitrogen and oxygen atoms in total. The van der Waals surface area contributed by atoms with Crippen molar-refractivity contribution in [1.82, 2.24) is 20.2 Å². The molecule has 0 saturated carbocycles. The first-order valence-corrected chi connectivity index (χ1v) is 6.31. The van der Waals surface area contributed by atoms with Gasteiger partial charge in [0.15, 0.2) is 0 Å². The molecule has 0 aliphatic carbocycles. The Balaban J connectivity index is 2.55. The Morgan fingerprint density at radius 3 is 2.76 bits per heavy atom. The van der Waals surface area contributed by atoms with E-state index in [0.29, 0.717) is 5.69 Å². The molecule has 0 saturated heterocycles. The SMILES string of the molecule is CCOC(=O)CN(C)C(=O)NC(Cc1cnc[nH]1)C(=O)O. The molecule has 0 aromatic carbocycles. The van der Waals surface area contributed by atoms with Crippen LogP contribution in [0.1, 0.15) is 12.6 Å². The molecule has 0 spiro atoms. The number of aliphatic carboxylic acids is 1. The number of nitrogens with zero attached hydrogens (tertiary/aromatic N) is 2. The van der Waals surface area contributed by atoms with Crippen LogP contribution in [0.2, 0.25) is 0 Å². The normalized spacial score (nSPS) is 11.5. The molecule has 0 aliphatic heterocycles. The van der Waals surface area contributed by atoms with E-state index in [4.69, 9.17) is 9.84 Å². The Morgan fingerprint density at radius 1 is 1.52 bits per heavy atom. The van der Waals surface area contributed by atoms with Gasteiger partial charge in [-0.25, -0.2) is 14.6 Å². The lowest BCUT2D eigenvalue weighted by atomic mass is 10.1. The second kappa shape index (κ2) is 7.88. The summed E-state index contributed by atoms with van der Waals surface area (Å²) in [4.78, 5) is 41.8. The molecule has 0 aliphatic rings. The summed E-state index contributed by atoms with van der Waals surface area (Å²) in [6.07, 6.45) is 2.96. The van der Waals surface area contributed by atoms with Crippen LogP contribution in [-0.2, 0) is 20.7 Å². The van der Waals surface area contributed by atoms with E-state index in [1.165, 1.54) is 19.6 Å². The van der Waals surface area contributed by atoms with E-state index < -0.39 is 24.0 Å². The number of urea groups is 1. The van der Waals surface area contributed by atoms with E-state index in [1.54, 1.807) is 6.92 Å². The predicted molar refractivity (Wildman–Crippen MR) is 71.5 cm³/mol. The highest BCUT2D eigenvalue weighted by molar-refractivity contribution is 5.85. The smallest absolute Gasteiger partial charge is 0.326 e. The first-order valence-electron chi connectivity index (χ1n) is 6.31. The van der Waals surface area contributed by atoms with Crippen molar-refractivity contribution in [2.24, 2.45) is 0 Å². The number of carbonyl (C=O) groups excluding carboxylic acids is 2. The maximum Gasteiger partial charge on any atom is 0.326 e. The van der Waals surface area contributed by atoms with Gasteiger partial charge in [0.2, 0.25) is 0 Å². The van der Waals surface area contributed by atoms with E-state index in [1.807, 2.05) is 0 Å².